The standard InChI is InChI=1S/C20H24N2O2/c1-22(2)15-19(17-7-5-4-6-8-17)21-20(23)14-11-16-9-12-18(24-3)13-10-16/h4-14,19H,15H2,1-3H3,(H,21,23)/b14-11+/t19-/m0/s1. The third-order valence-electron chi connectivity index (χ3n) is 3.61. The second-order valence-electron chi connectivity index (χ2n) is 5.84. The van der Waals surface area contributed by atoms with Crippen LogP contribution in [0.1, 0.15) is 17.2 Å². The van der Waals surface area contributed by atoms with Crippen LogP contribution >= 0.6 is 0 Å². The summed E-state index contributed by atoms with van der Waals surface area (Å²) in [5.41, 5.74) is 2.05. The largest absolute Gasteiger partial charge is 0.497 e. The van der Waals surface area contributed by atoms with Gasteiger partial charge in [-0.15, -0.1) is 0 Å². The highest BCUT2D eigenvalue weighted by molar-refractivity contribution is 5.92. The summed E-state index contributed by atoms with van der Waals surface area (Å²) in [6.07, 6.45) is 3.36. The summed E-state index contributed by atoms with van der Waals surface area (Å²) in [6.45, 7) is 0.742. The van der Waals surface area contributed by atoms with Gasteiger partial charge in [-0.2, -0.15) is 0 Å². The zero-order chi connectivity index (χ0) is 17.4. The van der Waals surface area contributed by atoms with Gasteiger partial charge in [0, 0.05) is 12.6 Å². The van der Waals surface area contributed by atoms with Crippen LogP contribution in [0.5, 0.6) is 5.75 Å². The van der Waals surface area contributed by atoms with E-state index in [2.05, 4.69) is 10.2 Å². The molecule has 126 valence electrons. The smallest absolute Gasteiger partial charge is 0.244 e. The van der Waals surface area contributed by atoms with Crippen molar-refractivity contribution in [3.8, 4) is 5.75 Å². The van der Waals surface area contributed by atoms with Crippen molar-refractivity contribution in [2.45, 2.75) is 6.04 Å². The number of carbonyl (C=O) groups is 1. The summed E-state index contributed by atoms with van der Waals surface area (Å²) in [4.78, 5) is 14.3. The number of hydrogen-bond donors (Lipinski definition) is 1. The molecule has 0 unspecified atom stereocenters. The molecule has 2 aromatic carbocycles. The molecule has 1 N–H and O–H groups in total. The van der Waals surface area contributed by atoms with Crippen molar-refractivity contribution in [3.63, 3.8) is 0 Å². The zero-order valence-electron chi connectivity index (χ0n) is 14.4. The fourth-order valence-corrected chi connectivity index (χ4v) is 2.39. The first kappa shape index (κ1) is 17.8. The monoisotopic (exact) mass is 324 g/mol. The molecule has 0 spiro atoms. The number of nitrogens with zero attached hydrogens (tertiary/aromatic N) is 1. The van der Waals surface area contributed by atoms with Crippen LogP contribution < -0.4 is 10.1 Å². The molecule has 4 nitrogen and oxygen atoms in total. The number of hydrogen-bond acceptors (Lipinski definition) is 3. The minimum absolute atomic E-state index is 0.0470. The maximum absolute atomic E-state index is 12.3. The number of benzene rings is 2. The fraction of sp³-hybridized carbons (Fsp3) is 0.250. The lowest BCUT2D eigenvalue weighted by atomic mass is 10.1. The lowest BCUT2D eigenvalue weighted by Crippen LogP contribution is -2.34. The SMILES string of the molecule is COc1ccc(/C=C/C(=O)N[C@@H](CN(C)C)c2ccccc2)cc1. The second-order valence-corrected chi connectivity index (χ2v) is 5.84. The Morgan fingerprint density at radius 1 is 1.12 bits per heavy atom. The highest BCUT2D eigenvalue weighted by Gasteiger charge is 2.13. The van der Waals surface area contributed by atoms with Gasteiger partial charge >= 0.3 is 0 Å². The minimum atomic E-state index is -0.110. The van der Waals surface area contributed by atoms with Gasteiger partial charge in [-0.3, -0.25) is 4.79 Å². The van der Waals surface area contributed by atoms with Crippen molar-refractivity contribution in [1.82, 2.24) is 10.2 Å². The molecular weight excluding hydrogens is 300 g/mol. The maximum Gasteiger partial charge on any atom is 0.244 e. The van der Waals surface area contributed by atoms with E-state index in [1.54, 1.807) is 19.3 Å². The molecule has 1 atom stereocenters. The van der Waals surface area contributed by atoms with E-state index in [1.165, 1.54) is 0 Å². The molecule has 0 heterocycles. The number of carbonyl (C=O) groups excluding carboxylic acids is 1. The summed E-state index contributed by atoms with van der Waals surface area (Å²) in [5, 5.41) is 3.07. The van der Waals surface area contributed by atoms with Crippen LogP contribution in [0, 0.1) is 0 Å². The van der Waals surface area contributed by atoms with Crippen molar-refractivity contribution in [2.24, 2.45) is 0 Å². The highest BCUT2D eigenvalue weighted by atomic mass is 16.5. The van der Waals surface area contributed by atoms with E-state index in [4.69, 9.17) is 4.74 Å². The average molecular weight is 324 g/mol. The molecule has 0 saturated carbocycles. The Labute approximate surface area is 143 Å². The van der Waals surface area contributed by atoms with Crippen molar-refractivity contribution in [2.75, 3.05) is 27.7 Å². The van der Waals surface area contributed by atoms with E-state index in [-0.39, 0.29) is 11.9 Å². The van der Waals surface area contributed by atoms with Crippen molar-refractivity contribution < 1.29 is 9.53 Å². The lowest BCUT2D eigenvalue weighted by Gasteiger charge is -2.22. The summed E-state index contributed by atoms with van der Waals surface area (Å²) >= 11 is 0. The van der Waals surface area contributed by atoms with Crippen molar-refractivity contribution in [3.05, 3.63) is 71.8 Å². The van der Waals surface area contributed by atoms with Gasteiger partial charge < -0.3 is 15.0 Å². The van der Waals surface area contributed by atoms with E-state index < -0.39 is 0 Å². The van der Waals surface area contributed by atoms with Gasteiger partial charge in [-0.1, -0.05) is 42.5 Å². The van der Waals surface area contributed by atoms with Crippen LogP contribution in [0.3, 0.4) is 0 Å². The number of ether oxygens (including phenoxy) is 1. The molecule has 0 bridgehead atoms. The minimum Gasteiger partial charge on any atom is -0.497 e. The van der Waals surface area contributed by atoms with Gasteiger partial charge in [-0.05, 0) is 43.4 Å². The molecule has 0 fully saturated rings. The van der Waals surface area contributed by atoms with Crippen LogP contribution in [0.2, 0.25) is 0 Å². The maximum atomic E-state index is 12.3. The molecule has 24 heavy (non-hydrogen) atoms. The van der Waals surface area contributed by atoms with Gasteiger partial charge in [0.25, 0.3) is 0 Å². The lowest BCUT2D eigenvalue weighted by molar-refractivity contribution is -0.117. The molecule has 0 aliphatic heterocycles. The van der Waals surface area contributed by atoms with Gasteiger partial charge in [0.2, 0.25) is 5.91 Å². The molecule has 2 aromatic rings. The first-order valence-electron chi connectivity index (χ1n) is 7.91. The number of nitrogens with one attached hydrogen (secondary N) is 1. The van der Waals surface area contributed by atoms with Gasteiger partial charge in [0.15, 0.2) is 0 Å². The average Bonchev–Trinajstić information content (AvgIpc) is 2.60. The Kier molecular flexibility index (Phi) is 6.58. The van der Waals surface area contributed by atoms with Crippen LogP contribution in [0.15, 0.2) is 60.7 Å². The molecule has 0 saturated heterocycles. The predicted octanol–water partition coefficient (Wildman–Crippen LogP) is 3.13. The van der Waals surface area contributed by atoms with Crippen LogP contribution in [0.4, 0.5) is 0 Å². The molecule has 0 aromatic heterocycles. The third kappa shape index (κ3) is 5.56. The molecule has 0 aliphatic carbocycles. The highest BCUT2D eigenvalue weighted by Crippen LogP contribution is 2.14. The van der Waals surface area contributed by atoms with Gasteiger partial charge in [0.05, 0.1) is 13.2 Å². The number of rotatable bonds is 7. The quantitative estimate of drug-likeness (QED) is 0.796. The van der Waals surface area contributed by atoms with Gasteiger partial charge in [-0.25, -0.2) is 0 Å². The summed E-state index contributed by atoms with van der Waals surface area (Å²) in [6, 6.07) is 17.5. The molecule has 0 radical (unpaired) electrons. The van der Waals surface area contributed by atoms with Crippen molar-refractivity contribution >= 4 is 12.0 Å². The number of likely N-dealkylation sites (N-methyl/N-ethyl adjacent to an activating group) is 1. The predicted molar refractivity (Wildman–Crippen MR) is 97.9 cm³/mol. The molecular formula is C20H24N2O2. The van der Waals surface area contributed by atoms with E-state index in [0.717, 1.165) is 23.4 Å². The second kappa shape index (κ2) is 8.89. The zero-order valence-corrected chi connectivity index (χ0v) is 14.4. The first-order chi connectivity index (χ1) is 11.6. The van der Waals surface area contributed by atoms with Gasteiger partial charge in [0.1, 0.15) is 5.75 Å². The molecule has 1 amide bonds. The van der Waals surface area contributed by atoms with E-state index in [9.17, 15) is 4.79 Å². The Morgan fingerprint density at radius 3 is 2.38 bits per heavy atom. The Bertz CT molecular complexity index is 664. The van der Waals surface area contributed by atoms with Crippen LogP contribution in [0.25, 0.3) is 6.08 Å². The Balaban J connectivity index is 2.02. The topological polar surface area (TPSA) is 41.6 Å². The fourth-order valence-electron chi connectivity index (χ4n) is 2.39. The first-order valence-corrected chi connectivity index (χ1v) is 7.91. The van der Waals surface area contributed by atoms with Crippen LogP contribution in [-0.4, -0.2) is 38.6 Å². The molecule has 0 aliphatic rings. The van der Waals surface area contributed by atoms with E-state index in [1.807, 2.05) is 68.7 Å². The van der Waals surface area contributed by atoms with Crippen molar-refractivity contribution in [1.29, 1.82) is 0 Å². The van der Waals surface area contributed by atoms with E-state index >= 15 is 0 Å². The molecule has 2 rings (SSSR count). The Morgan fingerprint density at radius 2 is 1.79 bits per heavy atom. The molecule has 4 heteroatoms. The summed E-state index contributed by atoms with van der Waals surface area (Å²) < 4.78 is 5.13. The van der Waals surface area contributed by atoms with E-state index in [0.29, 0.717) is 0 Å². The third-order valence-corrected chi connectivity index (χ3v) is 3.61. The summed E-state index contributed by atoms with van der Waals surface area (Å²) in [7, 11) is 5.62. The normalized spacial score (nSPS) is 12.3. The van der Waals surface area contributed by atoms with Crippen LogP contribution in [-0.2, 0) is 4.79 Å². The number of amides is 1. The summed E-state index contributed by atoms with van der Waals surface area (Å²) in [5.74, 6) is 0.688. The Hall–Kier alpha value is -2.59. The number of methoxy groups -OCH3 is 1.